The summed E-state index contributed by atoms with van der Waals surface area (Å²) in [5.41, 5.74) is 6.34. The first kappa shape index (κ1) is 10.7. The van der Waals surface area contributed by atoms with Crippen molar-refractivity contribution in [3.05, 3.63) is 11.8 Å². The van der Waals surface area contributed by atoms with E-state index in [2.05, 4.69) is 9.97 Å². The van der Waals surface area contributed by atoms with Gasteiger partial charge in [-0.3, -0.25) is 0 Å². The molecule has 0 aromatic carbocycles. The summed E-state index contributed by atoms with van der Waals surface area (Å²) in [7, 11) is 1.86. The van der Waals surface area contributed by atoms with E-state index in [0.29, 0.717) is 6.54 Å². The summed E-state index contributed by atoms with van der Waals surface area (Å²) in [6, 6.07) is 1.83. The normalized spacial score (nSPS) is 12.6. The average Bonchev–Trinajstić information content (AvgIpc) is 2.00. The lowest BCUT2D eigenvalue weighted by molar-refractivity contribution is 0.201. The zero-order chi connectivity index (χ0) is 10.7. The minimum atomic E-state index is -0.392. The molecule has 0 fully saturated rings. The number of hydrogen-bond acceptors (Lipinski definition) is 5. The van der Waals surface area contributed by atoms with Crippen LogP contribution in [0.25, 0.3) is 0 Å². The fourth-order valence-electron chi connectivity index (χ4n) is 1.26. The molecule has 0 radical (unpaired) electrons. The molecule has 1 heterocycles. The predicted octanol–water partition coefficient (Wildman–Crippen LogP) is 0.184. The van der Waals surface area contributed by atoms with Gasteiger partial charge in [0.05, 0.1) is 6.10 Å². The molecule has 0 aliphatic heterocycles. The molecule has 78 valence electrons. The van der Waals surface area contributed by atoms with E-state index in [0.717, 1.165) is 11.5 Å². The zero-order valence-corrected chi connectivity index (χ0v) is 8.73. The molecule has 5 nitrogen and oxygen atoms in total. The molecule has 1 rings (SSSR count). The van der Waals surface area contributed by atoms with Gasteiger partial charge in [0.25, 0.3) is 0 Å². The van der Waals surface area contributed by atoms with Crippen molar-refractivity contribution in [2.45, 2.75) is 20.0 Å². The Kier molecular flexibility index (Phi) is 3.24. The molecule has 1 aromatic rings. The second-order valence-electron chi connectivity index (χ2n) is 3.46. The van der Waals surface area contributed by atoms with Crippen LogP contribution in [0.4, 0.5) is 11.8 Å². The molecule has 0 saturated carbocycles. The topological polar surface area (TPSA) is 75.3 Å². The standard InChI is InChI=1S/C9H16N4O/c1-6-4-8(12-9(10)11-6)13(3)5-7(2)14/h4,7,14H,5H2,1-3H3,(H2,10,11,12). The molecular formula is C9H16N4O. The predicted molar refractivity (Wildman–Crippen MR) is 56.1 cm³/mol. The van der Waals surface area contributed by atoms with E-state index in [1.165, 1.54) is 0 Å². The molecule has 0 saturated heterocycles. The summed E-state index contributed by atoms with van der Waals surface area (Å²) >= 11 is 0. The highest BCUT2D eigenvalue weighted by Gasteiger charge is 2.07. The van der Waals surface area contributed by atoms with Gasteiger partial charge in [0.1, 0.15) is 5.82 Å². The molecule has 1 aromatic heterocycles. The summed E-state index contributed by atoms with van der Waals surface area (Å²) in [5, 5.41) is 9.21. The van der Waals surface area contributed by atoms with Crippen LogP contribution in [-0.4, -0.2) is 34.8 Å². The maximum Gasteiger partial charge on any atom is 0.222 e. The quantitative estimate of drug-likeness (QED) is 0.721. The third-order valence-corrected chi connectivity index (χ3v) is 1.79. The minimum absolute atomic E-state index is 0.262. The second kappa shape index (κ2) is 4.23. The number of nitrogen functional groups attached to an aromatic ring is 1. The molecule has 1 unspecified atom stereocenters. The number of likely N-dealkylation sites (N-methyl/N-ethyl adjacent to an activating group) is 1. The van der Waals surface area contributed by atoms with Crippen molar-refractivity contribution in [1.82, 2.24) is 9.97 Å². The van der Waals surface area contributed by atoms with Crippen LogP contribution in [0.15, 0.2) is 6.07 Å². The van der Waals surface area contributed by atoms with Gasteiger partial charge in [0.2, 0.25) is 5.95 Å². The molecule has 0 spiro atoms. The number of aryl methyl sites for hydroxylation is 1. The van der Waals surface area contributed by atoms with Gasteiger partial charge in [-0.05, 0) is 13.8 Å². The van der Waals surface area contributed by atoms with Gasteiger partial charge in [-0.25, -0.2) is 4.98 Å². The first-order valence-electron chi connectivity index (χ1n) is 4.49. The Balaban J connectivity index is 2.84. The number of anilines is 2. The summed E-state index contributed by atoms with van der Waals surface area (Å²) in [5.74, 6) is 0.994. The molecular weight excluding hydrogens is 180 g/mol. The number of rotatable bonds is 3. The Morgan fingerprint density at radius 3 is 2.71 bits per heavy atom. The number of aromatic nitrogens is 2. The summed E-state index contributed by atoms with van der Waals surface area (Å²) in [6.45, 7) is 4.11. The monoisotopic (exact) mass is 196 g/mol. The smallest absolute Gasteiger partial charge is 0.222 e. The molecule has 14 heavy (non-hydrogen) atoms. The van der Waals surface area contributed by atoms with Gasteiger partial charge in [-0.1, -0.05) is 0 Å². The van der Waals surface area contributed by atoms with Gasteiger partial charge < -0.3 is 15.7 Å². The Hall–Kier alpha value is -1.36. The van der Waals surface area contributed by atoms with Gasteiger partial charge in [-0.2, -0.15) is 4.98 Å². The average molecular weight is 196 g/mol. The summed E-state index contributed by atoms with van der Waals surface area (Å²) < 4.78 is 0. The lowest BCUT2D eigenvalue weighted by Crippen LogP contribution is -2.28. The van der Waals surface area contributed by atoms with Crippen LogP contribution in [0.1, 0.15) is 12.6 Å². The molecule has 0 bridgehead atoms. The summed E-state index contributed by atoms with van der Waals surface area (Å²) in [4.78, 5) is 9.88. The number of nitrogens with zero attached hydrogens (tertiary/aromatic N) is 3. The SMILES string of the molecule is Cc1cc(N(C)CC(C)O)nc(N)n1. The highest BCUT2D eigenvalue weighted by molar-refractivity contribution is 5.42. The van der Waals surface area contributed by atoms with Crippen molar-refractivity contribution in [3.63, 3.8) is 0 Å². The number of nitrogens with two attached hydrogens (primary N) is 1. The van der Waals surface area contributed by atoms with Crippen LogP contribution in [0.2, 0.25) is 0 Å². The third-order valence-electron chi connectivity index (χ3n) is 1.79. The first-order valence-corrected chi connectivity index (χ1v) is 4.49. The molecule has 5 heteroatoms. The zero-order valence-electron chi connectivity index (χ0n) is 8.73. The molecule has 0 aliphatic carbocycles. The highest BCUT2D eigenvalue weighted by atomic mass is 16.3. The molecule has 1 atom stereocenters. The van der Waals surface area contributed by atoms with E-state index in [4.69, 9.17) is 5.73 Å². The largest absolute Gasteiger partial charge is 0.392 e. The maximum absolute atomic E-state index is 9.21. The Morgan fingerprint density at radius 2 is 2.21 bits per heavy atom. The van der Waals surface area contributed by atoms with Crippen molar-refractivity contribution in [1.29, 1.82) is 0 Å². The third kappa shape index (κ3) is 2.85. The number of aliphatic hydroxyl groups is 1. The first-order chi connectivity index (χ1) is 6.49. The lowest BCUT2D eigenvalue weighted by atomic mass is 10.3. The van der Waals surface area contributed by atoms with E-state index >= 15 is 0 Å². The van der Waals surface area contributed by atoms with Crippen LogP contribution in [0, 0.1) is 6.92 Å². The van der Waals surface area contributed by atoms with Gasteiger partial charge in [0.15, 0.2) is 0 Å². The van der Waals surface area contributed by atoms with Crippen molar-refractivity contribution in [2.24, 2.45) is 0 Å². The second-order valence-corrected chi connectivity index (χ2v) is 3.46. The van der Waals surface area contributed by atoms with Crippen molar-refractivity contribution in [3.8, 4) is 0 Å². The fraction of sp³-hybridized carbons (Fsp3) is 0.556. The van der Waals surface area contributed by atoms with Crippen LogP contribution in [-0.2, 0) is 0 Å². The van der Waals surface area contributed by atoms with Crippen molar-refractivity contribution >= 4 is 11.8 Å². The Bertz CT molecular complexity index is 293. The van der Waals surface area contributed by atoms with Crippen molar-refractivity contribution in [2.75, 3.05) is 24.2 Å². The minimum Gasteiger partial charge on any atom is -0.392 e. The van der Waals surface area contributed by atoms with Crippen LogP contribution in [0.5, 0.6) is 0 Å². The van der Waals surface area contributed by atoms with Gasteiger partial charge in [0, 0.05) is 25.4 Å². The Morgan fingerprint density at radius 1 is 1.57 bits per heavy atom. The van der Waals surface area contributed by atoms with E-state index in [-0.39, 0.29) is 5.95 Å². The van der Waals surface area contributed by atoms with E-state index in [1.54, 1.807) is 6.92 Å². The van der Waals surface area contributed by atoms with E-state index in [9.17, 15) is 5.11 Å². The fourth-order valence-corrected chi connectivity index (χ4v) is 1.26. The van der Waals surface area contributed by atoms with E-state index < -0.39 is 6.10 Å². The molecule has 0 amide bonds. The van der Waals surface area contributed by atoms with Gasteiger partial charge in [-0.15, -0.1) is 0 Å². The number of aliphatic hydroxyl groups excluding tert-OH is 1. The van der Waals surface area contributed by atoms with Gasteiger partial charge >= 0.3 is 0 Å². The van der Waals surface area contributed by atoms with Crippen LogP contribution >= 0.6 is 0 Å². The number of hydrogen-bond donors (Lipinski definition) is 2. The summed E-state index contributed by atoms with van der Waals surface area (Å²) in [6.07, 6.45) is -0.392. The van der Waals surface area contributed by atoms with Crippen LogP contribution in [0.3, 0.4) is 0 Å². The molecule has 0 aliphatic rings. The van der Waals surface area contributed by atoms with E-state index in [1.807, 2.05) is 24.9 Å². The molecule has 3 N–H and O–H groups in total. The van der Waals surface area contributed by atoms with Crippen LogP contribution < -0.4 is 10.6 Å². The lowest BCUT2D eigenvalue weighted by Gasteiger charge is -2.19. The highest BCUT2D eigenvalue weighted by Crippen LogP contribution is 2.11. The maximum atomic E-state index is 9.21. The van der Waals surface area contributed by atoms with Crippen molar-refractivity contribution < 1.29 is 5.11 Å². The Labute approximate surface area is 83.6 Å².